The van der Waals surface area contributed by atoms with Crippen LogP contribution in [0.5, 0.6) is 11.5 Å². The summed E-state index contributed by atoms with van der Waals surface area (Å²) in [7, 11) is 1.97. The fraction of sp³-hybridized carbons (Fsp3) is 0.409. The lowest BCUT2D eigenvalue weighted by Crippen LogP contribution is -2.39. The summed E-state index contributed by atoms with van der Waals surface area (Å²) in [5.41, 5.74) is 0.120. The minimum Gasteiger partial charge on any atom is -0.456 e. The summed E-state index contributed by atoms with van der Waals surface area (Å²) in [6.07, 6.45) is 2.20. The molecule has 0 aliphatic carbocycles. The van der Waals surface area contributed by atoms with Crippen molar-refractivity contribution in [1.82, 2.24) is 20.1 Å². The number of likely N-dealkylation sites (tertiary alicyclic amines) is 1. The van der Waals surface area contributed by atoms with Gasteiger partial charge >= 0.3 is 6.09 Å². The molecule has 3 aromatic rings. The van der Waals surface area contributed by atoms with Gasteiger partial charge in [-0.3, -0.25) is 5.10 Å². The van der Waals surface area contributed by atoms with E-state index in [-0.39, 0.29) is 12.1 Å². The van der Waals surface area contributed by atoms with Gasteiger partial charge in [-0.05, 0) is 51.5 Å². The summed E-state index contributed by atoms with van der Waals surface area (Å²) < 4.78 is 11.6. The number of halogens is 1. The van der Waals surface area contributed by atoms with Crippen molar-refractivity contribution in [1.29, 1.82) is 0 Å². The van der Waals surface area contributed by atoms with Crippen LogP contribution in [0.3, 0.4) is 0 Å². The van der Waals surface area contributed by atoms with Gasteiger partial charge in [0.05, 0.1) is 0 Å². The molecule has 164 valence electrons. The van der Waals surface area contributed by atoms with E-state index in [1.54, 1.807) is 23.2 Å². The first-order chi connectivity index (χ1) is 14.7. The Hall–Kier alpha value is -3.00. The van der Waals surface area contributed by atoms with Crippen LogP contribution in [0.1, 0.15) is 27.2 Å². The van der Waals surface area contributed by atoms with Gasteiger partial charge in [0, 0.05) is 43.5 Å². The molecule has 9 heteroatoms. The van der Waals surface area contributed by atoms with Crippen LogP contribution in [-0.4, -0.2) is 58.0 Å². The molecule has 1 saturated heterocycles. The van der Waals surface area contributed by atoms with E-state index in [1.165, 1.54) is 0 Å². The highest BCUT2D eigenvalue weighted by atomic mass is 35.5. The number of H-pyrrole nitrogens is 1. The van der Waals surface area contributed by atoms with E-state index in [9.17, 15) is 4.79 Å². The molecule has 1 aliphatic rings. The molecule has 1 aromatic carbocycles. The summed E-state index contributed by atoms with van der Waals surface area (Å²) in [6, 6.07) is 9.10. The van der Waals surface area contributed by atoms with Gasteiger partial charge in [0.1, 0.15) is 22.5 Å². The maximum absolute atomic E-state index is 12.4. The number of benzene rings is 1. The Morgan fingerprint density at radius 1 is 1.26 bits per heavy atom. The van der Waals surface area contributed by atoms with Gasteiger partial charge in [0.15, 0.2) is 11.5 Å². The highest BCUT2D eigenvalue weighted by molar-refractivity contribution is 6.30. The van der Waals surface area contributed by atoms with E-state index in [4.69, 9.17) is 21.1 Å². The Bertz CT molecular complexity index is 1080. The predicted molar refractivity (Wildman–Crippen MR) is 120 cm³/mol. The summed E-state index contributed by atoms with van der Waals surface area (Å²) >= 11 is 5.98. The van der Waals surface area contributed by atoms with Crippen molar-refractivity contribution in [2.45, 2.75) is 38.8 Å². The number of nitrogens with zero attached hydrogens (tertiary/aromatic N) is 4. The molecule has 0 saturated carbocycles. The highest BCUT2D eigenvalue weighted by Crippen LogP contribution is 2.36. The van der Waals surface area contributed by atoms with Gasteiger partial charge in [-0.2, -0.15) is 5.10 Å². The number of hydrogen-bond acceptors (Lipinski definition) is 6. The molecule has 8 nitrogen and oxygen atoms in total. The van der Waals surface area contributed by atoms with E-state index < -0.39 is 5.60 Å². The quantitative estimate of drug-likeness (QED) is 0.620. The maximum atomic E-state index is 12.4. The van der Waals surface area contributed by atoms with Crippen molar-refractivity contribution in [3.63, 3.8) is 0 Å². The van der Waals surface area contributed by atoms with Crippen molar-refractivity contribution in [3.05, 3.63) is 41.6 Å². The second-order valence-electron chi connectivity index (χ2n) is 8.62. The van der Waals surface area contributed by atoms with Gasteiger partial charge in [-0.15, -0.1) is 0 Å². The first-order valence-electron chi connectivity index (χ1n) is 10.2. The van der Waals surface area contributed by atoms with Crippen molar-refractivity contribution in [2.75, 3.05) is 25.0 Å². The van der Waals surface area contributed by atoms with Crippen LogP contribution in [0.4, 0.5) is 10.6 Å². The third kappa shape index (κ3) is 4.69. The number of carbonyl (C=O) groups excluding carboxylic acids is 1. The van der Waals surface area contributed by atoms with E-state index in [1.807, 2.05) is 46.0 Å². The molecule has 1 fully saturated rings. The fourth-order valence-electron chi connectivity index (χ4n) is 3.60. The average Bonchev–Trinajstić information content (AvgIpc) is 3.36. The molecular weight excluding hydrogens is 418 g/mol. The number of carbonyl (C=O) groups is 1. The molecular formula is C22H26ClN5O3. The summed E-state index contributed by atoms with van der Waals surface area (Å²) in [5.74, 6) is 2.04. The van der Waals surface area contributed by atoms with Crippen molar-refractivity contribution in [3.8, 4) is 11.5 Å². The fourth-order valence-corrected chi connectivity index (χ4v) is 3.73. The summed E-state index contributed by atoms with van der Waals surface area (Å²) in [6.45, 7) is 6.81. The molecule has 1 N–H and O–H groups in total. The second kappa shape index (κ2) is 8.26. The number of rotatable bonds is 4. The number of ether oxygens (including phenoxy) is 2. The Balaban J connectivity index is 1.55. The largest absolute Gasteiger partial charge is 0.456 e. The van der Waals surface area contributed by atoms with Crippen molar-refractivity contribution < 1.29 is 14.3 Å². The minimum atomic E-state index is -0.515. The minimum absolute atomic E-state index is 0.0996. The standard InChI is InChI=1S/C22H26ClN5O3/c1-22(2,3)31-21(29)28-12-10-15(13-28)27(4)20-18-17(9-11-24-19(18)25-26-20)30-16-7-5-14(23)6-8-16/h5-9,11,15H,10,12-13H2,1-4H3,(H,24,25,26)/t15-/m1/s1. The molecule has 0 radical (unpaired) electrons. The van der Waals surface area contributed by atoms with E-state index in [2.05, 4.69) is 20.1 Å². The lowest BCUT2D eigenvalue weighted by atomic mass is 10.2. The number of nitrogens with one attached hydrogen (secondary N) is 1. The molecule has 2 aromatic heterocycles. The SMILES string of the molecule is CN(c1n[nH]c2nccc(Oc3ccc(Cl)cc3)c12)[C@@H]1CCN(C(=O)OC(C)(C)C)C1. The van der Waals surface area contributed by atoms with Crippen LogP contribution in [0.15, 0.2) is 36.5 Å². The predicted octanol–water partition coefficient (Wildman–Crippen LogP) is 4.85. The smallest absolute Gasteiger partial charge is 0.410 e. The van der Waals surface area contributed by atoms with Crippen LogP contribution in [-0.2, 0) is 4.74 Å². The molecule has 1 aliphatic heterocycles. The Kier molecular flexibility index (Phi) is 5.66. The molecule has 3 heterocycles. The van der Waals surface area contributed by atoms with Crippen molar-refractivity contribution >= 4 is 34.5 Å². The third-order valence-electron chi connectivity index (χ3n) is 5.14. The Morgan fingerprint density at radius 3 is 2.71 bits per heavy atom. The molecule has 0 unspecified atom stereocenters. The van der Waals surface area contributed by atoms with Gasteiger partial charge in [-0.1, -0.05) is 11.6 Å². The number of anilines is 1. The molecule has 4 rings (SSSR count). The normalized spacial score (nSPS) is 16.5. The number of amides is 1. The first-order valence-corrected chi connectivity index (χ1v) is 10.6. The lowest BCUT2D eigenvalue weighted by Gasteiger charge is -2.27. The zero-order valence-electron chi connectivity index (χ0n) is 18.1. The average molecular weight is 444 g/mol. The molecule has 1 amide bonds. The summed E-state index contributed by atoms with van der Waals surface area (Å²) in [4.78, 5) is 20.6. The summed E-state index contributed by atoms with van der Waals surface area (Å²) in [5, 5.41) is 8.90. The second-order valence-corrected chi connectivity index (χ2v) is 9.05. The molecule has 0 bridgehead atoms. The van der Waals surface area contributed by atoms with Crippen LogP contribution >= 0.6 is 11.6 Å². The zero-order chi connectivity index (χ0) is 22.2. The van der Waals surface area contributed by atoms with Gasteiger partial charge in [-0.25, -0.2) is 9.78 Å². The van der Waals surface area contributed by atoms with E-state index >= 15 is 0 Å². The first kappa shape index (κ1) is 21.2. The Morgan fingerprint density at radius 2 is 2.00 bits per heavy atom. The number of likely N-dealkylation sites (N-methyl/N-ethyl adjacent to an activating group) is 1. The molecule has 31 heavy (non-hydrogen) atoms. The van der Waals surface area contributed by atoms with Gasteiger partial charge in [0.25, 0.3) is 0 Å². The monoisotopic (exact) mass is 443 g/mol. The Labute approximate surface area is 186 Å². The van der Waals surface area contributed by atoms with Gasteiger partial charge < -0.3 is 19.3 Å². The number of pyridine rings is 1. The van der Waals surface area contributed by atoms with Crippen LogP contribution < -0.4 is 9.64 Å². The maximum Gasteiger partial charge on any atom is 0.410 e. The topological polar surface area (TPSA) is 83.6 Å². The van der Waals surface area contributed by atoms with Crippen LogP contribution in [0.2, 0.25) is 5.02 Å². The van der Waals surface area contributed by atoms with E-state index in [0.29, 0.717) is 35.3 Å². The van der Waals surface area contributed by atoms with Crippen LogP contribution in [0.25, 0.3) is 11.0 Å². The molecule has 1 atom stereocenters. The number of fused-ring (bicyclic) bond motifs is 1. The number of hydrogen-bond donors (Lipinski definition) is 1. The van der Waals surface area contributed by atoms with Gasteiger partial charge in [0.2, 0.25) is 0 Å². The lowest BCUT2D eigenvalue weighted by molar-refractivity contribution is 0.0292. The highest BCUT2D eigenvalue weighted by Gasteiger charge is 2.33. The van der Waals surface area contributed by atoms with Crippen molar-refractivity contribution in [2.24, 2.45) is 0 Å². The number of aromatic amines is 1. The van der Waals surface area contributed by atoms with E-state index in [0.717, 1.165) is 17.6 Å². The molecule has 0 spiro atoms. The third-order valence-corrected chi connectivity index (χ3v) is 5.39. The number of aromatic nitrogens is 3. The zero-order valence-corrected chi connectivity index (χ0v) is 18.8. The van der Waals surface area contributed by atoms with Crippen LogP contribution in [0, 0.1) is 0 Å².